The lowest BCUT2D eigenvalue weighted by Crippen LogP contribution is -1.56. The van der Waals surface area contributed by atoms with Gasteiger partial charge in [-0.1, -0.05) is 36.4 Å². The molecule has 0 bridgehead atoms. The van der Waals surface area contributed by atoms with E-state index in [2.05, 4.69) is 0 Å². The van der Waals surface area contributed by atoms with E-state index in [0.717, 1.165) is 7.11 Å². The minimum Gasteiger partial charge on any atom is -0.508 e. The first-order chi connectivity index (χ1) is 7.79. The number of aliphatic hydroxyl groups excluding tert-OH is 1. The normalized spacial score (nSPS) is 7.88. The molecule has 0 unspecified atom stereocenters. The van der Waals surface area contributed by atoms with Crippen LogP contribution in [0.15, 0.2) is 60.7 Å². The molecule has 2 rings (SSSR count). The second-order valence-corrected chi connectivity index (χ2v) is 2.67. The van der Waals surface area contributed by atoms with E-state index in [4.69, 9.17) is 15.3 Å². The van der Waals surface area contributed by atoms with Crippen LogP contribution in [0.25, 0.3) is 0 Å². The van der Waals surface area contributed by atoms with Gasteiger partial charge in [-0.05, 0) is 24.3 Å². The number of rotatable bonds is 0. The molecule has 0 saturated carbocycles. The molecular weight excluding hydrogens is 204 g/mol. The van der Waals surface area contributed by atoms with Gasteiger partial charge in [-0.15, -0.1) is 0 Å². The minimum absolute atomic E-state index is 0.322. The number of hydrogen-bond donors (Lipinski definition) is 3. The van der Waals surface area contributed by atoms with Crippen LogP contribution >= 0.6 is 0 Å². The van der Waals surface area contributed by atoms with Gasteiger partial charge in [0, 0.05) is 7.11 Å². The predicted molar refractivity (Wildman–Crippen MR) is 64.4 cm³/mol. The highest BCUT2D eigenvalue weighted by Gasteiger charge is 1.75. The summed E-state index contributed by atoms with van der Waals surface area (Å²) in [5.41, 5.74) is 0. The Morgan fingerprint density at radius 2 is 0.812 bits per heavy atom. The molecule has 0 aliphatic rings. The highest BCUT2D eigenvalue weighted by atomic mass is 16.3. The van der Waals surface area contributed by atoms with Crippen LogP contribution < -0.4 is 0 Å². The zero-order chi connectivity index (χ0) is 12.2. The van der Waals surface area contributed by atoms with Crippen molar-refractivity contribution in [3.8, 4) is 11.5 Å². The Morgan fingerprint density at radius 3 is 0.938 bits per heavy atom. The fourth-order valence-corrected chi connectivity index (χ4v) is 0.856. The highest BCUT2D eigenvalue weighted by Crippen LogP contribution is 2.03. The van der Waals surface area contributed by atoms with Gasteiger partial charge in [0.05, 0.1) is 0 Å². The van der Waals surface area contributed by atoms with Gasteiger partial charge in [0.15, 0.2) is 0 Å². The summed E-state index contributed by atoms with van der Waals surface area (Å²) in [7, 11) is 1.00. The zero-order valence-corrected chi connectivity index (χ0v) is 9.12. The molecule has 3 nitrogen and oxygen atoms in total. The van der Waals surface area contributed by atoms with Gasteiger partial charge in [-0.25, -0.2) is 0 Å². The fraction of sp³-hybridized carbons (Fsp3) is 0.0769. The molecule has 16 heavy (non-hydrogen) atoms. The molecule has 3 heteroatoms. The maximum Gasteiger partial charge on any atom is 0.115 e. The van der Waals surface area contributed by atoms with Crippen LogP contribution in [0.2, 0.25) is 0 Å². The molecule has 0 saturated heterocycles. The van der Waals surface area contributed by atoms with E-state index in [1.807, 2.05) is 12.1 Å². The molecule has 0 atom stereocenters. The number of para-hydroxylation sites is 2. The van der Waals surface area contributed by atoms with Crippen LogP contribution in [-0.4, -0.2) is 22.4 Å². The van der Waals surface area contributed by atoms with Crippen molar-refractivity contribution >= 4 is 0 Å². The number of hydrogen-bond acceptors (Lipinski definition) is 3. The average molecular weight is 220 g/mol. The van der Waals surface area contributed by atoms with Gasteiger partial charge >= 0.3 is 0 Å². The molecule has 2 aromatic rings. The van der Waals surface area contributed by atoms with Crippen molar-refractivity contribution in [2.75, 3.05) is 7.11 Å². The standard InChI is InChI=1S/2C6H6O.CH4O/c2*7-6-4-2-1-3-5-6;1-2/h2*1-5,7H;2H,1H3. The van der Waals surface area contributed by atoms with Crippen molar-refractivity contribution in [1.29, 1.82) is 0 Å². The van der Waals surface area contributed by atoms with Crippen molar-refractivity contribution in [2.24, 2.45) is 0 Å². The Bertz CT molecular complexity index is 309. The Balaban J connectivity index is 0.000000244. The summed E-state index contributed by atoms with van der Waals surface area (Å²) in [4.78, 5) is 0. The Kier molecular flexibility index (Phi) is 8.36. The molecule has 0 aliphatic heterocycles. The lowest BCUT2D eigenvalue weighted by atomic mass is 10.3. The first-order valence-electron chi connectivity index (χ1n) is 4.72. The van der Waals surface area contributed by atoms with E-state index in [1.54, 1.807) is 48.5 Å². The van der Waals surface area contributed by atoms with E-state index in [9.17, 15) is 0 Å². The van der Waals surface area contributed by atoms with Gasteiger partial charge in [0.1, 0.15) is 11.5 Å². The van der Waals surface area contributed by atoms with Crippen LogP contribution in [-0.2, 0) is 0 Å². The lowest BCUT2D eigenvalue weighted by molar-refractivity contribution is 0.399. The van der Waals surface area contributed by atoms with Gasteiger partial charge in [0.25, 0.3) is 0 Å². The molecule has 0 aliphatic carbocycles. The van der Waals surface area contributed by atoms with Crippen LogP contribution in [0.1, 0.15) is 0 Å². The fourth-order valence-electron chi connectivity index (χ4n) is 0.856. The van der Waals surface area contributed by atoms with Crippen LogP contribution in [0, 0.1) is 0 Å². The monoisotopic (exact) mass is 220 g/mol. The number of benzene rings is 2. The summed E-state index contributed by atoms with van der Waals surface area (Å²) in [6.45, 7) is 0. The maximum atomic E-state index is 8.63. The quantitative estimate of drug-likeness (QED) is 0.639. The molecule has 0 fully saturated rings. The molecule has 0 spiro atoms. The largest absolute Gasteiger partial charge is 0.508 e. The van der Waals surface area contributed by atoms with E-state index in [1.165, 1.54) is 0 Å². The first-order valence-corrected chi connectivity index (χ1v) is 4.72. The van der Waals surface area contributed by atoms with Gasteiger partial charge in [-0.2, -0.15) is 0 Å². The summed E-state index contributed by atoms with van der Waals surface area (Å²) in [6.07, 6.45) is 0. The maximum absolute atomic E-state index is 8.63. The molecular formula is C13H16O3. The number of phenols is 2. The zero-order valence-electron chi connectivity index (χ0n) is 9.12. The third-order valence-corrected chi connectivity index (χ3v) is 1.51. The second kappa shape index (κ2) is 9.55. The molecule has 3 N–H and O–H groups in total. The Morgan fingerprint density at radius 1 is 0.562 bits per heavy atom. The van der Waals surface area contributed by atoms with Gasteiger partial charge < -0.3 is 15.3 Å². The minimum atomic E-state index is 0.322. The Labute approximate surface area is 95.2 Å². The van der Waals surface area contributed by atoms with Crippen molar-refractivity contribution in [2.45, 2.75) is 0 Å². The molecule has 0 heterocycles. The molecule has 86 valence electrons. The number of aromatic hydroxyl groups is 2. The lowest BCUT2D eigenvalue weighted by Gasteiger charge is -1.82. The first kappa shape index (κ1) is 14.0. The third-order valence-electron chi connectivity index (χ3n) is 1.51. The van der Waals surface area contributed by atoms with E-state index < -0.39 is 0 Å². The van der Waals surface area contributed by atoms with Crippen molar-refractivity contribution < 1.29 is 15.3 Å². The van der Waals surface area contributed by atoms with Crippen LogP contribution in [0.5, 0.6) is 11.5 Å². The van der Waals surface area contributed by atoms with E-state index >= 15 is 0 Å². The summed E-state index contributed by atoms with van der Waals surface area (Å²) >= 11 is 0. The molecule has 0 aromatic heterocycles. The van der Waals surface area contributed by atoms with Crippen molar-refractivity contribution in [3.05, 3.63) is 60.7 Å². The topological polar surface area (TPSA) is 60.7 Å². The van der Waals surface area contributed by atoms with Crippen molar-refractivity contribution in [3.63, 3.8) is 0 Å². The molecule has 2 aromatic carbocycles. The Hall–Kier alpha value is -2.00. The van der Waals surface area contributed by atoms with Crippen LogP contribution in [0.3, 0.4) is 0 Å². The highest BCUT2D eigenvalue weighted by molar-refractivity contribution is 5.19. The molecule has 0 radical (unpaired) electrons. The third kappa shape index (κ3) is 7.41. The predicted octanol–water partition coefficient (Wildman–Crippen LogP) is 2.39. The smallest absolute Gasteiger partial charge is 0.115 e. The van der Waals surface area contributed by atoms with E-state index in [0.29, 0.717) is 11.5 Å². The van der Waals surface area contributed by atoms with Gasteiger partial charge in [0.2, 0.25) is 0 Å². The van der Waals surface area contributed by atoms with Crippen LogP contribution in [0.4, 0.5) is 0 Å². The van der Waals surface area contributed by atoms with Gasteiger partial charge in [-0.3, -0.25) is 0 Å². The molecule has 0 amide bonds. The summed E-state index contributed by atoms with van der Waals surface area (Å²) < 4.78 is 0. The number of aliphatic hydroxyl groups is 1. The summed E-state index contributed by atoms with van der Waals surface area (Å²) in [5, 5.41) is 24.3. The van der Waals surface area contributed by atoms with Crippen molar-refractivity contribution in [1.82, 2.24) is 0 Å². The SMILES string of the molecule is CO.Oc1ccccc1.Oc1ccccc1. The summed E-state index contributed by atoms with van der Waals surface area (Å²) in [5.74, 6) is 0.644. The average Bonchev–Trinajstić information content (AvgIpc) is 2.34. The second-order valence-electron chi connectivity index (χ2n) is 2.67. The number of phenolic OH excluding ortho intramolecular Hbond substituents is 2. The summed E-state index contributed by atoms with van der Waals surface area (Å²) in [6, 6.07) is 17.4. The van der Waals surface area contributed by atoms with E-state index in [-0.39, 0.29) is 0 Å².